The summed E-state index contributed by atoms with van der Waals surface area (Å²) in [5, 5.41) is 12.7. The Labute approximate surface area is 166 Å². The number of methoxy groups -OCH3 is 3. The lowest BCUT2D eigenvalue weighted by molar-refractivity contribution is -0.112. The summed E-state index contributed by atoms with van der Waals surface area (Å²) in [5.74, 6) is 0.603. The number of nitrogens with one attached hydrogen (secondary N) is 1. The lowest BCUT2D eigenvalue weighted by Gasteiger charge is -2.13. The number of rotatable bonds is 6. The average Bonchev–Trinajstić information content (AvgIpc) is 2.67. The summed E-state index contributed by atoms with van der Waals surface area (Å²) in [7, 11) is 4.44. The Morgan fingerprint density at radius 3 is 2.19 bits per heavy atom. The third-order valence-electron chi connectivity index (χ3n) is 3.54. The van der Waals surface area contributed by atoms with Crippen LogP contribution < -0.4 is 19.5 Å². The van der Waals surface area contributed by atoms with Gasteiger partial charge in [0.2, 0.25) is 5.75 Å². The molecule has 0 aromatic heterocycles. The zero-order chi connectivity index (χ0) is 20.0. The molecule has 8 heteroatoms. The fourth-order valence-corrected chi connectivity index (χ4v) is 2.74. The second-order valence-electron chi connectivity index (χ2n) is 5.21. The van der Waals surface area contributed by atoms with Gasteiger partial charge in [0.05, 0.1) is 32.0 Å². The summed E-state index contributed by atoms with van der Waals surface area (Å²) in [6.07, 6.45) is 1.41. The molecule has 2 aromatic rings. The number of carbonyl (C=O) groups is 1. The molecule has 0 bridgehead atoms. The molecule has 0 unspecified atom stereocenters. The minimum Gasteiger partial charge on any atom is -0.493 e. The number of amides is 1. The molecule has 0 aliphatic rings. The van der Waals surface area contributed by atoms with Gasteiger partial charge in [-0.25, -0.2) is 0 Å². The van der Waals surface area contributed by atoms with Crippen molar-refractivity contribution in [3.05, 3.63) is 51.5 Å². The quantitative estimate of drug-likeness (QED) is 0.561. The SMILES string of the molecule is COc1cc(/C=C(\C#N)C(=O)Nc2ccc(Cl)cc2Cl)cc(OC)c1OC. The average molecular weight is 407 g/mol. The molecular formula is C19H16Cl2N2O4. The van der Waals surface area contributed by atoms with Crippen molar-refractivity contribution >= 4 is 40.9 Å². The number of hydrogen-bond acceptors (Lipinski definition) is 5. The van der Waals surface area contributed by atoms with Crippen LogP contribution in [-0.4, -0.2) is 27.2 Å². The van der Waals surface area contributed by atoms with Gasteiger partial charge >= 0.3 is 0 Å². The van der Waals surface area contributed by atoms with Gasteiger partial charge in [-0.1, -0.05) is 23.2 Å². The van der Waals surface area contributed by atoms with E-state index >= 15 is 0 Å². The van der Waals surface area contributed by atoms with Gasteiger partial charge in [-0.05, 0) is 42.0 Å². The van der Waals surface area contributed by atoms with Crippen LogP contribution in [0.2, 0.25) is 10.0 Å². The molecule has 0 spiro atoms. The molecule has 0 saturated heterocycles. The third-order valence-corrected chi connectivity index (χ3v) is 4.09. The first-order chi connectivity index (χ1) is 12.9. The Bertz CT molecular complexity index is 911. The first kappa shape index (κ1) is 20.4. The fraction of sp³-hybridized carbons (Fsp3) is 0.158. The molecule has 0 saturated carbocycles. The number of hydrogen-bond donors (Lipinski definition) is 1. The topological polar surface area (TPSA) is 80.6 Å². The van der Waals surface area contributed by atoms with Crippen molar-refractivity contribution in [2.24, 2.45) is 0 Å². The lowest BCUT2D eigenvalue weighted by atomic mass is 10.1. The second kappa shape index (κ2) is 9.17. The van der Waals surface area contributed by atoms with Crippen LogP contribution in [0.1, 0.15) is 5.56 Å². The van der Waals surface area contributed by atoms with Crippen LogP contribution in [-0.2, 0) is 4.79 Å². The van der Waals surface area contributed by atoms with E-state index in [1.165, 1.54) is 33.5 Å². The van der Waals surface area contributed by atoms with Crippen LogP contribution in [0, 0.1) is 11.3 Å². The van der Waals surface area contributed by atoms with Gasteiger partial charge in [0, 0.05) is 5.02 Å². The highest BCUT2D eigenvalue weighted by molar-refractivity contribution is 6.36. The van der Waals surface area contributed by atoms with Crippen LogP contribution in [0.15, 0.2) is 35.9 Å². The van der Waals surface area contributed by atoms with Gasteiger partial charge in [-0.15, -0.1) is 0 Å². The van der Waals surface area contributed by atoms with Gasteiger partial charge < -0.3 is 19.5 Å². The van der Waals surface area contributed by atoms with Crippen LogP contribution in [0.25, 0.3) is 6.08 Å². The molecule has 2 rings (SSSR count). The van der Waals surface area contributed by atoms with Crippen LogP contribution in [0.5, 0.6) is 17.2 Å². The first-order valence-electron chi connectivity index (χ1n) is 7.61. The van der Waals surface area contributed by atoms with Crippen LogP contribution in [0.4, 0.5) is 5.69 Å². The Balaban J connectivity index is 2.37. The summed E-state index contributed by atoms with van der Waals surface area (Å²) in [6.45, 7) is 0. The largest absolute Gasteiger partial charge is 0.493 e. The van der Waals surface area contributed by atoms with E-state index in [1.54, 1.807) is 24.3 Å². The van der Waals surface area contributed by atoms with E-state index in [0.29, 0.717) is 33.5 Å². The van der Waals surface area contributed by atoms with Crippen molar-refractivity contribution in [2.75, 3.05) is 26.6 Å². The van der Waals surface area contributed by atoms with Crippen LogP contribution >= 0.6 is 23.2 Å². The van der Waals surface area contributed by atoms with Crippen molar-refractivity contribution in [1.82, 2.24) is 0 Å². The highest BCUT2D eigenvalue weighted by atomic mass is 35.5. The van der Waals surface area contributed by atoms with E-state index in [0.717, 1.165) is 0 Å². The van der Waals surface area contributed by atoms with Gasteiger partial charge in [-0.3, -0.25) is 4.79 Å². The standard InChI is InChI=1S/C19H16Cl2N2O4/c1-25-16-7-11(8-17(26-2)18(16)27-3)6-12(10-22)19(24)23-15-5-4-13(20)9-14(15)21/h4-9H,1-3H3,(H,23,24)/b12-6+. The molecule has 0 fully saturated rings. The predicted octanol–water partition coefficient (Wildman–Crippen LogP) is 4.56. The maximum Gasteiger partial charge on any atom is 0.266 e. The number of anilines is 1. The van der Waals surface area contributed by atoms with E-state index in [-0.39, 0.29) is 10.6 Å². The predicted molar refractivity (Wildman–Crippen MR) is 105 cm³/mol. The highest BCUT2D eigenvalue weighted by Crippen LogP contribution is 2.38. The Morgan fingerprint density at radius 1 is 1.07 bits per heavy atom. The van der Waals surface area contributed by atoms with Gasteiger partial charge in [0.25, 0.3) is 5.91 Å². The normalized spacial score (nSPS) is 10.7. The molecule has 2 aromatic carbocycles. The Hall–Kier alpha value is -2.88. The van der Waals surface area contributed by atoms with Crippen molar-refractivity contribution in [3.63, 3.8) is 0 Å². The minimum absolute atomic E-state index is 0.129. The minimum atomic E-state index is -0.615. The molecule has 1 N–H and O–H groups in total. The van der Waals surface area contributed by atoms with Crippen molar-refractivity contribution in [3.8, 4) is 23.3 Å². The van der Waals surface area contributed by atoms with Gasteiger partial charge in [-0.2, -0.15) is 5.26 Å². The zero-order valence-electron chi connectivity index (χ0n) is 14.8. The van der Waals surface area contributed by atoms with Crippen LogP contribution in [0.3, 0.4) is 0 Å². The number of ether oxygens (including phenoxy) is 3. The molecule has 0 radical (unpaired) electrons. The van der Waals surface area contributed by atoms with E-state index in [9.17, 15) is 10.1 Å². The molecule has 0 aliphatic carbocycles. The summed E-state index contributed by atoms with van der Waals surface area (Å²) in [5.41, 5.74) is 0.741. The number of carbonyl (C=O) groups excluding carboxylic acids is 1. The van der Waals surface area contributed by atoms with Gasteiger partial charge in [0.15, 0.2) is 11.5 Å². The smallest absolute Gasteiger partial charge is 0.266 e. The number of benzene rings is 2. The molecule has 1 amide bonds. The molecule has 0 aliphatic heterocycles. The highest BCUT2D eigenvalue weighted by Gasteiger charge is 2.15. The molecule has 6 nitrogen and oxygen atoms in total. The lowest BCUT2D eigenvalue weighted by Crippen LogP contribution is -2.13. The molecule has 0 atom stereocenters. The number of nitrogens with zero attached hydrogens (tertiary/aromatic N) is 1. The maximum absolute atomic E-state index is 12.4. The van der Waals surface area contributed by atoms with Gasteiger partial charge in [0.1, 0.15) is 11.6 Å². The summed E-state index contributed by atoms with van der Waals surface area (Å²) in [4.78, 5) is 12.4. The number of halogens is 2. The monoisotopic (exact) mass is 406 g/mol. The van der Waals surface area contributed by atoms with E-state index in [2.05, 4.69) is 5.32 Å². The summed E-state index contributed by atoms with van der Waals surface area (Å²) in [6, 6.07) is 9.75. The first-order valence-corrected chi connectivity index (χ1v) is 8.37. The van der Waals surface area contributed by atoms with Crippen molar-refractivity contribution in [1.29, 1.82) is 5.26 Å². The summed E-state index contributed by atoms with van der Waals surface area (Å²) >= 11 is 11.9. The Morgan fingerprint density at radius 2 is 1.70 bits per heavy atom. The van der Waals surface area contributed by atoms with E-state index in [4.69, 9.17) is 37.4 Å². The van der Waals surface area contributed by atoms with E-state index in [1.807, 2.05) is 6.07 Å². The Kier molecular flexibility index (Phi) is 6.94. The molecule has 27 heavy (non-hydrogen) atoms. The molecule has 140 valence electrons. The summed E-state index contributed by atoms with van der Waals surface area (Å²) < 4.78 is 15.8. The van der Waals surface area contributed by atoms with Crippen molar-refractivity contribution in [2.45, 2.75) is 0 Å². The molecule has 0 heterocycles. The zero-order valence-corrected chi connectivity index (χ0v) is 16.3. The molecular weight excluding hydrogens is 391 g/mol. The van der Waals surface area contributed by atoms with E-state index < -0.39 is 5.91 Å². The maximum atomic E-state index is 12.4. The third kappa shape index (κ3) is 4.85. The fourth-order valence-electron chi connectivity index (χ4n) is 2.28. The van der Waals surface area contributed by atoms with Crippen molar-refractivity contribution < 1.29 is 19.0 Å². The number of nitriles is 1. The second-order valence-corrected chi connectivity index (χ2v) is 6.05.